The second-order valence-electron chi connectivity index (χ2n) is 9.01. The molecule has 0 saturated heterocycles. The number of hydrogen-bond donors (Lipinski definition) is 2. The Kier molecular flexibility index (Phi) is 11.0. The molecular weight excluding hydrogens is 630 g/mol. The molecule has 0 amide bonds. The average Bonchev–Trinajstić information content (AvgIpc) is 2.91. The smallest absolute Gasteiger partial charge is 0.453 e. The zero-order valence-corrected chi connectivity index (χ0v) is 21.8. The Hall–Kier alpha value is -4.38. The summed E-state index contributed by atoms with van der Waals surface area (Å²) in [5, 5.41) is 19.0. The lowest BCUT2D eigenvalue weighted by atomic mass is 9.96. The SMILES string of the molecule is O=C(O)c1cc(-c2ccc(C(=O)OCCCC(F)(F)C(F)(F)F)c(C(=O)O)c2)ccc1C(=O)OCCCC(F)(F)C(F)(F)F. The van der Waals surface area contributed by atoms with E-state index in [1.807, 2.05) is 0 Å². The molecule has 0 unspecified atom stereocenters. The molecule has 0 aliphatic carbocycles. The summed E-state index contributed by atoms with van der Waals surface area (Å²) >= 11 is 0. The van der Waals surface area contributed by atoms with Gasteiger partial charge in [-0.25, -0.2) is 19.2 Å². The lowest BCUT2D eigenvalue weighted by Gasteiger charge is -2.19. The number of ether oxygens (including phenoxy) is 2. The molecule has 2 aromatic carbocycles. The van der Waals surface area contributed by atoms with Gasteiger partial charge in [0.15, 0.2) is 0 Å². The van der Waals surface area contributed by atoms with Crippen LogP contribution in [0.15, 0.2) is 36.4 Å². The third-order valence-electron chi connectivity index (χ3n) is 5.84. The van der Waals surface area contributed by atoms with Gasteiger partial charge in [0.1, 0.15) is 0 Å². The van der Waals surface area contributed by atoms with Gasteiger partial charge in [0, 0.05) is 12.8 Å². The monoisotopic (exact) mass is 650 g/mol. The van der Waals surface area contributed by atoms with Gasteiger partial charge in [0.05, 0.1) is 35.5 Å². The fourth-order valence-corrected chi connectivity index (χ4v) is 3.51. The van der Waals surface area contributed by atoms with Crippen LogP contribution in [0.5, 0.6) is 0 Å². The van der Waals surface area contributed by atoms with Gasteiger partial charge in [0.2, 0.25) is 0 Å². The maximum atomic E-state index is 13.0. The van der Waals surface area contributed by atoms with Crippen molar-refractivity contribution < 1.29 is 82.8 Å². The van der Waals surface area contributed by atoms with E-state index in [1.54, 1.807) is 0 Å². The molecule has 2 N–H and O–H groups in total. The van der Waals surface area contributed by atoms with Gasteiger partial charge in [-0.2, -0.15) is 43.9 Å². The molecule has 0 bridgehead atoms. The molecule has 18 heteroatoms. The van der Waals surface area contributed by atoms with Gasteiger partial charge >= 0.3 is 48.1 Å². The van der Waals surface area contributed by atoms with Crippen LogP contribution in [0.3, 0.4) is 0 Å². The Balaban J connectivity index is 2.20. The molecule has 0 aromatic heterocycles. The lowest BCUT2D eigenvalue weighted by molar-refractivity contribution is -0.285. The number of alkyl halides is 10. The van der Waals surface area contributed by atoms with Crippen LogP contribution in [-0.4, -0.2) is 71.5 Å². The summed E-state index contributed by atoms with van der Waals surface area (Å²) in [5.74, 6) is -16.2. The Morgan fingerprint density at radius 1 is 0.545 bits per heavy atom. The highest BCUT2D eigenvalue weighted by atomic mass is 19.4. The topological polar surface area (TPSA) is 127 Å². The van der Waals surface area contributed by atoms with Gasteiger partial charge in [-0.15, -0.1) is 0 Å². The van der Waals surface area contributed by atoms with E-state index < -0.39 is 109 Å². The third kappa shape index (κ3) is 8.82. The van der Waals surface area contributed by atoms with E-state index in [0.717, 1.165) is 36.4 Å². The molecule has 0 fully saturated rings. The molecule has 242 valence electrons. The summed E-state index contributed by atoms with van der Waals surface area (Å²) < 4.78 is 135. The van der Waals surface area contributed by atoms with Crippen LogP contribution < -0.4 is 0 Å². The van der Waals surface area contributed by atoms with E-state index in [-0.39, 0.29) is 11.1 Å². The minimum Gasteiger partial charge on any atom is -0.478 e. The lowest BCUT2D eigenvalue weighted by Crippen LogP contribution is -2.36. The standard InChI is InChI=1S/C26H20F10O8/c27-23(28,25(31,32)33)7-1-9-43-21(41)15-5-3-13(11-17(15)19(37)38)14-4-6-16(18(12-14)20(39)40)22(42)44-10-2-8-24(29,30)26(34,35)36/h3-6,11-12H,1-2,7-10H2,(H,37,38)(H,39,40). The fraction of sp³-hybridized carbons (Fsp3) is 0.385. The van der Waals surface area contributed by atoms with Crippen molar-refractivity contribution in [1.82, 2.24) is 0 Å². The Bertz CT molecular complexity index is 1290. The van der Waals surface area contributed by atoms with Crippen LogP contribution in [0.4, 0.5) is 43.9 Å². The van der Waals surface area contributed by atoms with Crippen LogP contribution in [0.25, 0.3) is 11.1 Å². The van der Waals surface area contributed by atoms with Crippen molar-refractivity contribution in [3.05, 3.63) is 58.7 Å². The maximum Gasteiger partial charge on any atom is 0.453 e. The molecule has 0 atom stereocenters. The molecule has 0 spiro atoms. The van der Waals surface area contributed by atoms with Gasteiger partial charge in [-0.05, 0) is 48.2 Å². The Labute approximate surface area is 240 Å². The molecule has 8 nitrogen and oxygen atoms in total. The molecular formula is C26H20F10O8. The van der Waals surface area contributed by atoms with E-state index in [4.69, 9.17) is 0 Å². The summed E-state index contributed by atoms with van der Waals surface area (Å²) in [6.07, 6.45) is -16.8. The molecule has 2 rings (SSSR count). The van der Waals surface area contributed by atoms with E-state index in [9.17, 15) is 73.3 Å². The zero-order valence-electron chi connectivity index (χ0n) is 21.8. The molecule has 44 heavy (non-hydrogen) atoms. The highest BCUT2D eigenvalue weighted by molar-refractivity contribution is 6.05. The zero-order chi connectivity index (χ0) is 33.7. The van der Waals surface area contributed by atoms with Crippen LogP contribution >= 0.6 is 0 Å². The van der Waals surface area contributed by atoms with Crippen LogP contribution in [-0.2, 0) is 9.47 Å². The van der Waals surface area contributed by atoms with Gasteiger partial charge in [-0.3, -0.25) is 0 Å². The number of esters is 2. The van der Waals surface area contributed by atoms with E-state index >= 15 is 0 Å². The number of aromatic carboxylic acids is 2. The average molecular weight is 650 g/mol. The van der Waals surface area contributed by atoms with Crippen molar-refractivity contribution in [2.75, 3.05) is 13.2 Å². The number of rotatable bonds is 13. The summed E-state index contributed by atoms with van der Waals surface area (Å²) in [6, 6.07) is 5.73. The van der Waals surface area contributed by atoms with Crippen molar-refractivity contribution in [3.63, 3.8) is 0 Å². The fourth-order valence-electron chi connectivity index (χ4n) is 3.51. The first-order valence-electron chi connectivity index (χ1n) is 12.1. The second-order valence-corrected chi connectivity index (χ2v) is 9.01. The number of carbonyl (C=O) groups excluding carboxylic acids is 2. The molecule has 2 aromatic rings. The molecule has 0 radical (unpaired) electrons. The Morgan fingerprint density at radius 3 is 1.14 bits per heavy atom. The summed E-state index contributed by atoms with van der Waals surface area (Å²) in [6.45, 7) is -1.81. The maximum absolute atomic E-state index is 13.0. The number of benzene rings is 2. The van der Waals surface area contributed by atoms with Crippen LogP contribution in [0.1, 0.15) is 67.1 Å². The Morgan fingerprint density at radius 2 is 0.864 bits per heavy atom. The predicted molar refractivity (Wildman–Crippen MR) is 127 cm³/mol. The quantitative estimate of drug-likeness (QED) is 0.135. The second kappa shape index (κ2) is 13.5. The number of hydrogen-bond acceptors (Lipinski definition) is 6. The van der Waals surface area contributed by atoms with Crippen molar-refractivity contribution >= 4 is 23.9 Å². The molecule has 0 saturated carbocycles. The van der Waals surface area contributed by atoms with Crippen molar-refractivity contribution in [3.8, 4) is 11.1 Å². The van der Waals surface area contributed by atoms with E-state index in [0.29, 0.717) is 0 Å². The predicted octanol–water partition coefficient (Wildman–Crippen LogP) is 7.02. The minimum atomic E-state index is -5.82. The van der Waals surface area contributed by atoms with Gasteiger partial charge in [0.25, 0.3) is 0 Å². The highest BCUT2D eigenvalue weighted by Crippen LogP contribution is 2.39. The summed E-state index contributed by atoms with van der Waals surface area (Å²) in [4.78, 5) is 48.1. The highest BCUT2D eigenvalue weighted by Gasteiger charge is 2.57. The number of carboxylic acid groups (broad SMARTS) is 2. The molecule has 0 heterocycles. The first-order chi connectivity index (χ1) is 20.1. The van der Waals surface area contributed by atoms with Gasteiger partial charge in [-0.1, -0.05) is 12.1 Å². The van der Waals surface area contributed by atoms with Crippen molar-refractivity contribution in [1.29, 1.82) is 0 Å². The van der Waals surface area contributed by atoms with E-state index in [1.165, 1.54) is 0 Å². The van der Waals surface area contributed by atoms with Crippen molar-refractivity contribution in [2.24, 2.45) is 0 Å². The van der Waals surface area contributed by atoms with Crippen molar-refractivity contribution in [2.45, 2.75) is 49.9 Å². The summed E-state index contributed by atoms with van der Waals surface area (Å²) in [7, 11) is 0. The molecule has 0 aliphatic heterocycles. The normalized spacial score (nSPS) is 12.5. The van der Waals surface area contributed by atoms with E-state index in [2.05, 4.69) is 9.47 Å². The number of halogens is 10. The van der Waals surface area contributed by atoms with Gasteiger partial charge < -0.3 is 19.7 Å². The summed E-state index contributed by atoms with van der Waals surface area (Å²) in [5.41, 5.74) is -2.80. The number of carboxylic acids is 2. The minimum absolute atomic E-state index is 0.0411. The van der Waals surface area contributed by atoms with Crippen LogP contribution in [0.2, 0.25) is 0 Å². The number of carbonyl (C=O) groups is 4. The first kappa shape index (κ1) is 35.8. The molecule has 0 aliphatic rings. The first-order valence-corrected chi connectivity index (χ1v) is 12.1. The van der Waals surface area contributed by atoms with Crippen LogP contribution in [0, 0.1) is 0 Å². The largest absolute Gasteiger partial charge is 0.478 e. The third-order valence-corrected chi connectivity index (χ3v) is 5.84.